The number of aliphatic hydroxyl groups excluding tert-OH is 1. The summed E-state index contributed by atoms with van der Waals surface area (Å²) in [5, 5.41) is 9.43. The van der Waals surface area contributed by atoms with Crippen LogP contribution >= 0.6 is 27.7 Å². The third-order valence-corrected chi connectivity index (χ3v) is 7.42. The van der Waals surface area contributed by atoms with Gasteiger partial charge in [0, 0.05) is 15.8 Å². The molecule has 0 bridgehead atoms. The summed E-state index contributed by atoms with van der Waals surface area (Å²) >= 11 is 5.01. The van der Waals surface area contributed by atoms with Gasteiger partial charge in [0.2, 0.25) is 10.0 Å². The van der Waals surface area contributed by atoms with Gasteiger partial charge in [-0.1, -0.05) is 18.9 Å². The lowest BCUT2D eigenvalue weighted by atomic mass is 9.96. The Kier molecular flexibility index (Phi) is 6.14. The average molecular weight is 394 g/mol. The van der Waals surface area contributed by atoms with Crippen molar-refractivity contribution in [2.45, 2.75) is 48.5 Å². The standard InChI is InChI=1S/C14H20BrNO3S2/c1-20-13-5-3-2-4-12(13)16-21(18,19)14-7-6-10(9-17)8-11(14)15/h6-8,12-13,16-17H,2-5,9H2,1H3. The molecular weight excluding hydrogens is 374 g/mol. The van der Waals surface area contributed by atoms with Gasteiger partial charge in [0.1, 0.15) is 0 Å². The Balaban J connectivity index is 2.21. The lowest BCUT2D eigenvalue weighted by molar-refractivity contribution is 0.281. The van der Waals surface area contributed by atoms with E-state index in [1.165, 1.54) is 12.5 Å². The Morgan fingerprint density at radius 2 is 2.10 bits per heavy atom. The first kappa shape index (κ1) is 17.3. The predicted octanol–water partition coefficient (Wildman–Crippen LogP) is 2.89. The fourth-order valence-corrected chi connectivity index (χ4v) is 6.09. The molecule has 1 aliphatic carbocycles. The Morgan fingerprint density at radius 1 is 1.38 bits per heavy atom. The molecule has 0 amide bonds. The minimum atomic E-state index is -3.55. The van der Waals surface area contributed by atoms with Crippen LogP contribution in [0.25, 0.3) is 0 Å². The summed E-state index contributed by atoms with van der Waals surface area (Å²) in [6, 6.07) is 4.80. The van der Waals surface area contributed by atoms with Crippen molar-refractivity contribution in [3.63, 3.8) is 0 Å². The van der Waals surface area contributed by atoms with E-state index >= 15 is 0 Å². The minimum absolute atomic E-state index is 0.0110. The second-order valence-corrected chi connectivity index (χ2v) is 8.82. The molecule has 21 heavy (non-hydrogen) atoms. The zero-order valence-corrected chi connectivity index (χ0v) is 15.1. The summed E-state index contributed by atoms with van der Waals surface area (Å²) in [7, 11) is -3.55. The van der Waals surface area contributed by atoms with Crippen molar-refractivity contribution in [2.24, 2.45) is 0 Å². The van der Waals surface area contributed by atoms with Crippen LogP contribution in [0.1, 0.15) is 31.2 Å². The molecule has 2 N–H and O–H groups in total. The molecule has 1 aliphatic rings. The topological polar surface area (TPSA) is 66.4 Å². The molecule has 1 saturated carbocycles. The number of sulfonamides is 1. The predicted molar refractivity (Wildman–Crippen MR) is 89.9 cm³/mol. The number of thioether (sulfide) groups is 1. The summed E-state index contributed by atoms with van der Waals surface area (Å²) in [5.41, 5.74) is 0.681. The van der Waals surface area contributed by atoms with Gasteiger partial charge in [-0.05, 0) is 52.7 Å². The molecule has 0 aromatic heterocycles. The molecule has 0 radical (unpaired) electrons. The van der Waals surface area contributed by atoms with Crippen LogP contribution in [-0.2, 0) is 16.6 Å². The molecule has 0 spiro atoms. The molecule has 0 saturated heterocycles. The van der Waals surface area contributed by atoms with Gasteiger partial charge in [-0.15, -0.1) is 0 Å². The summed E-state index contributed by atoms with van der Waals surface area (Å²) in [4.78, 5) is 0.227. The zero-order chi connectivity index (χ0) is 15.5. The van der Waals surface area contributed by atoms with Crippen LogP contribution in [0.2, 0.25) is 0 Å². The van der Waals surface area contributed by atoms with E-state index < -0.39 is 10.0 Å². The quantitative estimate of drug-likeness (QED) is 0.806. The van der Waals surface area contributed by atoms with Gasteiger partial charge >= 0.3 is 0 Å². The Labute approximate surface area is 138 Å². The first-order valence-electron chi connectivity index (χ1n) is 6.92. The molecule has 4 nitrogen and oxygen atoms in total. The van der Waals surface area contributed by atoms with Crippen molar-refractivity contribution in [1.82, 2.24) is 4.72 Å². The molecule has 2 atom stereocenters. The van der Waals surface area contributed by atoms with E-state index in [1.807, 2.05) is 6.26 Å². The molecule has 1 aromatic carbocycles. The van der Waals surface area contributed by atoms with Crippen LogP contribution in [-0.4, -0.2) is 31.1 Å². The van der Waals surface area contributed by atoms with Crippen molar-refractivity contribution < 1.29 is 13.5 Å². The van der Waals surface area contributed by atoms with Crippen LogP contribution in [0.4, 0.5) is 0 Å². The molecule has 0 aliphatic heterocycles. The largest absolute Gasteiger partial charge is 0.392 e. The molecule has 2 unspecified atom stereocenters. The molecule has 0 heterocycles. The van der Waals surface area contributed by atoms with Gasteiger partial charge in [-0.3, -0.25) is 0 Å². The smallest absolute Gasteiger partial charge is 0.241 e. The summed E-state index contributed by atoms with van der Waals surface area (Å²) in [6.45, 7) is -0.108. The molecule has 7 heteroatoms. The highest BCUT2D eigenvalue weighted by Crippen LogP contribution is 2.30. The summed E-state index contributed by atoms with van der Waals surface area (Å²) in [5.74, 6) is 0. The third kappa shape index (κ3) is 4.22. The van der Waals surface area contributed by atoms with E-state index in [9.17, 15) is 8.42 Å². The van der Waals surface area contributed by atoms with Crippen LogP contribution in [0.5, 0.6) is 0 Å². The van der Waals surface area contributed by atoms with E-state index in [0.29, 0.717) is 15.3 Å². The van der Waals surface area contributed by atoms with Gasteiger partial charge in [-0.25, -0.2) is 13.1 Å². The second kappa shape index (κ2) is 7.46. The summed E-state index contributed by atoms with van der Waals surface area (Å²) < 4.78 is 28.5. The third-order valence-electron chi connectivity index (χ3n) is 3.78. The van der Waals surface area contributed by atoms with Crippen LogP contribution in [0, 0.1) is 0 Å². The second-order valence-electron chi connectivity index (χ2n) is 5.21. The molecule has 118 valence electrons. The Morgan fingerprint density at radius 3 is 2.71 bits per heavy atom. The van der Waals surface area contributed by atoms with Gasteiger partial charge in [0.25, 0.3) is 0 Å². The van der Waals surface area contributed by atoms with E-state index in [0.717, 1.165) is 19.3 Å². The maximum atomic E-state index is 12.6. The number of hydrogen-bond acceptors (Lipinski definition) is 4. The van der Waals surface area contributed by atoms with E-state index in [-0.39, 0.29) is 17.5 Å². The fraction of sp³-hybridized carbons (Fsp3) is 0.571. The lowest BCUT2D eigenvalue weighted by Gasteiger charge is -2.30. The summed E-state index contributed by atoms with van der Waals surface area (Å²) in [6.07, 6.45) is 6.20. The number of benzene rings is 1. The zero-order valence-electron chi connectivity index (χ0n) is 11.9. The van der Waals surface area contributed by atoms with Gasteiger partial charge < -0.3 is 5.11 Å². The van der Waals surface area contributed by atoms with Crippen LogP contribution < -0.4 is 4.72 Å². The van der Waals surface area contributed by atoms with Crippen LogP contribution in [0.15, 0.2) is 27.6 Å². The number of hydrogen-bond donors (Lipinski definition) is 2. The Hall–Kier alpha value is -0.0800. The van der Waals surface area contributed by atoms with Gasteiger partial charge in [0.05, 0.1) is 11.5 Å². The number of nitrogens with one attached hydrogen (secondary N) is 1. The number of halogens is 1. The fourth-order valence-electron chi connectivity index (χ4n) is 2.64. The van der Waals surface area contributed by atoms with E-state index in [2.05, 4.69) is 20.7 Å². The van der Waals surface area contributed by atoms with Crippen molar-refractivity contribution in [3.05, 3.63) is 28.2 Å². The van der Waals surface area contributed by atoms with Crippen molar-refractivity contribution in [1.29, 1.82) is 0 Å². The molecule has 1 fully saturated rings. The maximum Gasteiger partial charge on any atom is 0.241 e. The lowest BCUT2D eigenvalue weighted by Crippen LogP contribution is -2.43. The number of aliphatic hydroxyl groups is 1. The van der Waals surface area contributed by atoms with Gasteiger partial charge in [0.15, 0.2) is 0 Å². The van der Waals surface area contributed by atoms with E-state index in [1.54, 1.807) is 23.9 Å². The molecule has 2 rings (SSSR count). The average Bonchev–Trinajstić information content (AvgIpc) is 2.47. The molecule has 1 aromatic rings. The van der Waals surface area contributed by atoms with Gasteiger partial charge in [-0.2, -0.15) is 11.8 Å². The monoisotopic (exact) mass is 393 g/mol. The first-order chi connectivity index (χ1) is 9.97. The minimum Gasteiger partial charge on any atom is -0.392 e. The SMILES string of the molecule is CSC1CCCCC1NS(=O)(=O)c1ccc(CO)cc1Br. The maximum absolute atomic E-state index is 12.6. The van der Waals surface area contributed by atoms with Crippen molar-refractivity contribution in [3.8, 4) is 0 Å². The highest BCUT2D eigenvalue weighted by atomic mass is 79.9. The Bertz CT molecular complexity index is 592. The van der Waals surface area contributed by atoms with Crippen molar-refractivity contribution in [2.75, 3.05) is 6.26 Å². The normalized spacial score (nSPS) is 23.2. The van der Waals surface area contributed by atoms with Crippen LogP contribution in [0.3, 0.4) is 0 Å². The highest BCUT2D eigenvalue weighted by molar-refractivity contribution is 9.10. The highest BCUT2D eigenvalue weighted by Gasteiger charge is 2.29. The molecular formula is C14H20BrNO3S2. The van der Waals surface area contributed by atoms with E-state index in [4.69, 9.17) is 5.11 Å². The first-order valence-corrected chi connectivity index (χ1v) is 10.5. The number of rotatable bonds is 5. The van der Waals surface area contributed by atoms with Crippen molar-refractivity contribution >= 4 is 37.7 Å².